The lowest BCUT2D eigenvalue weighted by atomic mass is 9.32. The highest BCUT2D eigenvalue weighted by Gasteiger charge is 2.69. The monoisotopic (exact) mass is 235 g/mol. The smallest absolute Gasteiger partial charge is 0.0469 e. The van der Waals surface area contributed by atoms with Crippen LogP contribution in [0.15, 0.2) is 48.5 Å². The van der Waals surface area contributed by atoms with E-state index in [1.165, 1.54) is 30.5 Å². The third-order valence-electron chi connectivity index (χ3n) is 4.85. The minimum absolute atomic E-state index is 0.405. The van der Waals surface area contributed by atoms with Gasteiger partial charge >= 0.3 is 0 Å². The van der Waals surface area contributed by atoms with E-state index in [9.17, 15) is 0 Å². The van der Waals surface area contributed by atoms with E-state index in [1.807, 2.05) is 0 Å². The SMILES string of the molecule is Cc1cccc(C23CC(c4ccccc4)(C2)C3)n1. The molecule has 3 aliphatic rings. The Morgan fingerprint density at radius 3 is 2.22 bits per heavy atom. The van der Waals surface area contributed by atoms with Crippen molar-refractivity contribution in [2.45, 2.75) is 37.0 Å². The fourth-order valence-electron chi connectivity index (χ4n) is 4.00. The van der Waals surface area contributed by atoms with E-state index in [1.54, 1.807) is 0 Å². The standard InChI is InChI=1S/C17H17N/c1-13-6-5-9-15(18-13)17-10-16(11-17,12-17)14-7-3-2-4-8-14/h2-9H,10-12H2,1H3. The third kappa shape index (κ3) is 1.19. The van der Waals surface area contributed by atoms with Crippen LogP contribution in [0.5, 0.6) is 0 Å². The molecule has 1 aromatic heterocycles. The number of rotatable bonds is 2. The van der Waals surface area contributed by atoms with E-state index >= 15 is 0 Å². The molecule has 2 bridgehead atoms. The first-order chi connectivity index (χ1) is 8.73. The molecule has 0 amide bonds. The summed E-state index contributed by atoms with van der Waals surface area (Å²) in [7, 11) is 0. The van der Waals surface area contributed by atoms with Gasteiger partial charge in [0.15, 0.2) is 0 Å². The number of benzene rings is 1. The lowest BCUT2D eigenvalue weighted by Gasteiger charge is -2.71. The Kier molecular flexibility index (Phi) is 1.85. The van der Waals surface area contributed by atoms with Crippen molar-refractivity contribution in [1.29, 1.82) is 0 Å². The molecule has 3 fully saturated rings. The molecule has 90 valence electrons. The molecule has 5 rings (SSSR count). The summed E-state index contributed by atoms with van der Waals surface area (Å²) in [6.45, 7) is 2.09. The fourth-order valence-corrected chi connectivity index (χ4v) is 4.00. The van der Waals surface area contributed by atoms with E-state index in [0.29, 0.717) is 10.8 Å². The lowest BCUT2D eigenvalue weighted by Crippen LogP contribution is -2.67. The molecule has 0 unspecified atom stereocenters. The van der Waals surface area contributed by atoms with Crippen LogP contribution in [0.1, 0.15) is 36.2 Å². The maximum absolute atomic E-state index is 4.73. The summed E-state index contributed by atoms with van der Waals surface area (Å²) in [5.74, 6) is 0. The van der Waals surface area contributed by atoms with Crippen molar-refractivity contribution in [3.8, 4) is 0 Å². The largest absolute Gasteiger partial charge is 0.258 e. The number of pyridine rings is 1. The van der Waals surface area contributed by atoms with Gasteiger partial charge in [0.25, 0.3) is 0 Å². The molecule has 1 heterocycles. The van der Waals surface area contributed by atoms with Crippen LogP contribution in [-0.2, 0) is 10.8 Å². The number of hydrogen-bond donors (Lipinski definition) is 0. The van der Waals surface area contributed by atoms with E-state index < -0.39 is 0 Å². The normalized spacial score (nSPS) is 32.5. The zero-order chi connectivity index (χ0) is 12.2. The van der Waals surface area contributed by atoms with Crippen LogP contribution in [0.3, 0.4) is 0 Å². The van der Waals surface area contributed by atoms with Crippen molar-refractivity contribution in [3.63, 3.8) is 0 Å². The van der Waals surface area contributed by atoms with Crippen LogP contribution in [-0.4, -0.2) is 4.98 Å². The van der Waals surface area contributed by atoms with E-state index in [-0.39, 0.29) is 0 Å². The maximum atomic E-state index is 4.73. The number of aromatic nitrogens is 1. The van der Waals surface area contributed by atoms with Gasteiger partial charge in [0, 0.05) is 16.8 Å². The molecular weight excluding hydrogens is 218 g/mol. The second-order valence-corrected chi connectivity index (χ2v) is 6.12. The van der Waals surface area contributed by atoms with Crippen molar-refractivity contribution in [3.05, 3.63) is 65.5 Å². The molecule has 3 saturated carbocycles. The lowest BCUT2D eigenvalue weighted by molar-refractivity contribution is -0.0723. The second kappa shape index (κ2) is 3.23. The van der Waals surface area contributed by atoms with Crippen LogP contribution in [0, 0.1) is 6.92 Å². The molecule has 0 spiro atoms. The molecule has 0 N–H and O–H groups in total. The Bertz CT molecular complexity index is 580. The van der Waals surface area contributed by atoms with Crippen LogP contribution in [0.2, 0.25) is 0 Å². The Balaban J connectivity index is 1.62. The van der Waals surface area contributed by atoms with Gasteiger partial charge in [-0.05, 0) is 49.3 Å². The highest BCUT2D eigenvalue weighted by molar-refractivity contribution is 5.46. The molecule has 0 radical (unpaired) electrons. The van der Waals surface area contributed by atoms with Crippen LogP contribution >= 0.6 is 0 Å². The van der Waals surface area contributed by atoms with Crippen molar-refractivity contribution < 1.29 is 0 Å². The molecule has 1 nitrogen and oxygen atoms in total. The van der Waals surface area contributed by atoms with Crippen LogP contribution < -0.4 is 0 Å². The highest BCUT2D eigenvalue weighted by atomic mass is 14.8. The first-order valence-corrected chi connectivity index (χ1v) is 6.72. The van der Waals surface area contributed by atoms with E-state index in [2.05, 4.69) is 55.5 Å². The van der Waals surface area contributed by atoms with Crippen LogP contribution in [0.4, 0.5) is 0 Å². The van der Waals surface area contributed by atoms with Gasteiger partial charge in [0.2, 0.25) is 0 Å². The zero-order valence-electron chi connectivity index (χ0n) is 10.7. The van der Waals surface area contributed by atoms with Gasteiger partial charge in [-0.25, -0.2) is 0 Å². The summed E-state index contributed by atoms with van der Waals surface area (Å²) in [6.07, 6.45) is 3.88. The van der Waals surface area contributed by atoms with Gasteiger partial charge in [-0.15, -0.1) is 0 Å². The molecule has 0 atom stereocenters. The molecule has 1 aromatic carbocycles. The number of nitrogens with zero attached hydrogens (tertiary/aromatic N) is 1. The average Bonchev–Trinajstić information content (AvgIpc) is 2.27. The Labute approximate surface area is 108 Å². The molecule has 0 saturated heterocycles. The average molecular weight is 235 g/mol. The predicted molar refractivity (Wildman–Crippen MR) is 72.6 cm³/mol. The first kappa shape index (κ1) is 10.3. The molecule has 2 aromatic rings. The molecule has 0 aliphatic heterocycles. The summed E-state index contributed by atoms with van der Waals surface area (Å²) < 4.78 is 0. The van der Waals surface area contributed by atoms with Gasteiger partial charge < -0.3 is 0 Å². The molecule has 18 heavy (non-hydrogen) atoms. The van der Waals surface area contributed by atoms with Gasteiger partial charge in [-0.1, -0.05) is 36.4 Å². The van der Waals surface area contributed by atoms with Crippen molar-refractivity contribution in [2.24, 2.45) is 0 Å². The minimum Gasteiger partial charge on any atom is -0.258 e. The van der Waals surface area contributed by atoms with Gasteiger partial charge in [0.05, 0.1) is 0 Å². The second-order valence-electron chi connectivity index (χ2n) is 6.12. The van der Waals surface area contributed by atoms with Gasteiger partial charge in [0.1, 0.15) is 0 Å². The Hall–Kier alpha value is -1.63. The molecule has 3 aliphatic carbocycles. The summed E-state index contributed by atoms with van der Waals surface area (Å²) in [6, 6.07) is 17.4. The third-order valence-corrected chi connectivity index (χ3v) is 4.85. The highest BCUT2D eigenvalue weighted by Crippen LogP contribution is 2.73. The zero-order valence-corrected chi connectivity index (χ0v) is 10.7. The fraction of sp³-hybridized carbons (Fsp3) is 0.353. The van der Waals surface area contributed by atoms with Gasteiger partial charge in [-0.2, -0.15) is 0 Å². The quantitative estimate of drug-likeness (QED) is 0.772. The predicted octanol–water partition coefficient (Wildman–Crippen LogP) is 3.76. The maximum Gasteiger partial charge on any atom is 0.0469 e. The molecule has 1 heteroatoms. The summed E-state index contributed by atoms with van der Waals surface area (Å²) >= 11 is 0. The summed E-state index contributed by atoms with van der Waals surface area (Å²) in [4.78, 5) is 4.73. The topological polar surface area (TPSA) is 12.9 Å². The molecular formula is C17H17N. The number of hydrogen-bond acceptors (Lipinski definition) is 1. The summed E-state index contributed by atoms with van der Waals surface area (Å²) in [5.41, 5.74) is 4.87. The van der Waals surface area contributed by atoms with E-state index in [0.717, 1.165) is 5.69 Å². The van der Waals surface area contributed by atoms with Gasteiger partial charge in [-0.3, -0.25) is 4.98 Å². The first-order valence-electron chi connectivity index (χ1n) is 6.72. The van der Waals surface area contributed by atoms with E-state index in [4.69, 9.17) is 4.98 Å². The summed E-state index contributed by atoms with van der Waals surface area (Å²) in [5, 5.41) is 0. The van der Waals surface area contributed by atoms with Crippen molar-refractivity contribution >= 4 is 0 Å². The van der Waals surface area contributed by atoms with Crippen molar-refractivity contribution in [1.82, 2.24) is 4.98 Å². The van der Waals surface area contributed by atoms with Crippen LogP contribution in [0.25, 0.3) is 0 Å². The Morgan fingerprint density at radius 1 is 0.833 bits per heavy atom. The number of aryl methyl sites for hydroxylation is 1. The van der Waals surface area contributed by atoms with Crippen molar-refractivity contribution in [2.75, 3.05) is 0 Å². The Morgan fingerprint density at radius 2 is 1.56 bits per heavy atom. The minimum atomic E-state index is 0.405.